The van der Waals surface area contributed by atoms with Crippen LogP contribution in [0.3, 0.4) is 0 Å². The van der Waals surface area contributed by atoms with Crippen molar-refractivity contribution in [2.45, 2.75) is 32.2 Å². The molecule has 2 atom stereocenters. The van der Waals surface area contributed by atoms with E-state index in [-0.39, 0.29) is 12.5 Å². The summed E-state index contributed by atoms with van der Waals surface area (Å²) in [6.07, 6.45) is 2.79. The molecule has 1 aromatic heterocycles. The summed E-state index contributed by atoms with van der Waals surface area (Å²) in [6, 6.07) is 0.0535. The number of amides is 1. The number of carboxylic acid groups (broad SMARTS) is 1. The summed E-state index contributed by atoms with van der Waals surface area (Å²) in [5, 5.41) is 9.27. The van der Waals surface area contributed by atoms with Gasteiger partial charge < -0.3 is 10.0 Å². The number of aliphatic carboxylic acids is 1. The molecule has 0 spiro atoms. The van der Waals surface area contributed by atoms with Crippen molar-refractivity contribution < 1.29 is 23.5 Å². The standard InChI is InChI=1S/C14H16F2N2O3/c1-2-8-4-6-18(10(7-8)14(20)21)13(19)9-3-5-17-12(16)11(9)15/h3,5,8,10H,2,4,6-7H2,1H3,(H,20,21). The van der Waals surface area contributed by atoms with Gasteiger partial charge in [0.1, 0.15) is 6.04 Å². The molecule has 1 aliphatic rings. The van der Waals surface area contributed by atoms with Crippen LogP contribution >= 0.6 is 0 Å². The van der Waals surface area contributed by atoms with Crippen LogP contribution in [0.1, 0.15) is 36.5 Å². The minimum Gasteiger partial charge on any atom is -0.480 e. The molecule has 1 aliphatic heterocycles. The lowest BCUT2D eigenvalue weighted by Gasteiger charge is -2.37. The van der Waals surface area contributed by atoms with Gasteiger partial charge in [0.2, 0.25) is 5.95 Å². The van der Waals surface area contributed by atoms with E-state index in [4.69, 9.17) is 0 Å². The van der Waals surface area contributed by atoms with E-state index in [9.17, 15) is 23.5 Å². The average Bonchev–Trinajstić information content (AvgIpc) is 2.48. The summed E-state index contributed by atoms with van der Waals surface area (Å²) in [7, 11) is 0. The first-order valence-corrected chi connectivity index (χ1v) is 6.79. The molecule has 21 heavy (non-hydrogen) atoms. The second-order valence-electron chi connectivity index (χ2n) is 5.11. The molecule has 1 saturated heterocycles. The number of rotatable bonds is 3. The van der Waals surface area contributed by atoms with E-state index in [0.717, 1.165) is 23.6 Å². The first kappa shape index (κ1) is 15.3. The molecule has 2 unspecified atom stereocenters. The van der Waals surface area contributed by atoms with E-state index in [0.29, 0.717) is 12.8 Å². The van der Waals surface area contributed by atoms with E-state index in [1.54, 1.807) is 0 Å². The van der Waals surface area contributed by atoms with Gasteiger partial charge in [0.15, 0.2) is 5.82 Å². The van der Waals surface area contributed by atoms with Crippen LogP contribution < -0.4 is 0 Å². The Balaban J connectivity index is 2.28. The second kappa shape index (κ2) is 6.15. The number of likely N-dealkylation sites (tertiary alicyclic amines) is 1. The largest absolute Gasteiger partial charge is 0.480 e. The number of piperidine rings is 1. The van der Waals surface area contributed by atoms with Crippen molar-refractivity contribution >= 4 is 11.9 Å². The molecule has 7 heteroatoms. The molecular weight excluding hydrogens is 282 g/mol. The van der Waals surface area contributed by atoms with Crippen molar-refractivity contribution in [1.82, 2.24) is 9.88 Å². The van der Waals surface area contributed by atoms with Crippen LogP contribution in [0, 0.1) is 17.7 Å². The third-order valence-corrected chi connectivity index (χ3v) is 3.91. The second-order valence-corrected chi connectivity index (χ2v) is 5.11. The SMILES string of the molecule is CCC1CCN(C(=O)c2ccnc(F)c2F)C(C(=O)O)C1. The summed E-state index contributed by atoms with van der Waals surface area (Å²) < 4.78 is 26.8. The molecule has 0 aliphatic carbocycles. The summed E-state index contributed by atoms with van der Waals surface area (Å²) >= 11 is 0. The van der Waals surface area contributed by atoms with Crippen LogP contribution in [0.25, 0.3) is 0 Å². The zero-order chi connectivity index (χ0) is 15.6. The molecule has 114 valence electrons. The first-order chi connectivity index (χ1) is 9.95. The summed E-state index contributed by atoms with van der Waals surface area (Å²) in [6.45, 7) is 2.18. The van der Waals surface area contributed by atoms with E-state index in [2.05, 4.69) is 4.98 Å². The lowest BCUT2D eigenvalue weighted by molar-refractivity contribution is -0.144. The molecule has 0 aromatic carbocycles. The van der Waals surface area contributed by atoms with Crippen molar-refractivity contribution in [2.24, 2.45) is 5.92 Å². The van der Waals surface area contributed by atoms with Crippen LogP contribution in [0.15, 0.2) is 12.3 Å². The lowest BCUT2D eigenvalue weighted by Crippen LogP contribution is -2.50. The fourth-order valence-electron chi connectivity index (χ4n) is 2.62. The maximum atomic E-state index is 13.6. The van der Waals surface area contributed by atoms with Crippen molar-refractivity contribution in [2.75, 3.05) is 6.54 Å². The quantitative estimate of drug-likeness (QED) is 0.867. The average molecular weight is 298 g/mol. The molecule has 0 bridgehead atoms. The van der Waals surface area contributed by atoms with Gasteiger partial charge in [-0.25, -0.2) is 14.2 Å². The molecule has 1 fully saturated rings. The highest BCUT2D eigenvalue weighted by atomic mass is 19.2. The molecule has 5 nitrogen and oxygen atoms in total. The minimum absolute atomic E-state index is 0.217. The monoisotopic (exact) mass is 298 g/mol. The van der Waals surface area contributed by atoms with E-state index in [1.165, 1.54) is 0 Å². The summed E-state index contributed by atoms with van der Waals surface area (Å²) in [5.41, 5.74) is -0.483. The Labute approximate surface area is 120 Å². The topological polar surface area (TPSA) is 70.5 Å². The summed E-state index contributed by atoms with van der Waals surface area (Å²) in [5.74, 6) is -4.43. The van der Waals surface area contributed by atoms with Crippen molar-refractivity contribution in [3.63, 3.8) is 0 Å². The number of nitrogens with zero attached hydrogens (tertiary/aromatic N) is 2. The lowest BCUT2D eigenvalue weighted by atomic mass is 9.88. The molecular formula is C14H16F2N2O3. The van der Waals surface area contributed by atoms with Crippen LogP contribution in [-0.4, -0.2) is 39.5 Å². The highest BCUT2D eigenvalue weighted by Crippen LogP contribution is 2.27. The zero-order valence-electron chi connectivity index (χ0n) is 11.6. The van der Waals surface area contributed by atoms with Gasteiger partial charge in [-0.2, -0.15) is 4.39 Å². The van der Waals surface area contributed by atoms with Crippen LogP contribution in [0.2, 0.25) is 0 Å². The smallest absolute Gasteiger partial charge is 0.326 e. The molecule has 1 aromatic rings. The van der Waals surface area contributed by atoms with Gasteiger partial charge in [-0.1, -0.05) is 13.3 Å². The van der Waals surface area contributed by atoms with Crippen LogP contribution in [0.5, 0.6) is 0 Å². The predicted molar refractivity (Wildman–Crippen MR) is 69.6 cm³/mol. The van der Waals surface area contributed by atoms with Crippen LogP contribution in [-0.2, 0) is 4.79 Å². The maximum absolute atomic E-state index is 13.6. The van der Waals surface area contributed by atoms with E-state index < -0.39 is 35.2 Å². The minimum atomic E-state index is -1.36. The van der Waals surface area contributed by atoms with Crippen molar-refractivity contribution in [3.8, 4) is 0 Å². The van der Waals surface area contributed by atoms with Gasteiger partial charge in [-0.05, 0) is 24.8 Å². The van der Waals surface area contributed by atoms with Gasteiger partial charge in [-0.15, -0.1) is 0 Å². The number of carbonyl (C=O) groups is 2. The summed E-state index contributed by atoms with van der Waals surface area (Å²) in [4.78, 5) is 27.9. The number of aromatic nitrogens is 1. The van der Waals surface area contributed by atoms with Gasteiger partial charge in [0.25, 0.3) is 5.91 Å². The molecule has 1 amide bonds. The molecule has 0 radical (unpaired) electrons. The predicted octanol–water partition coefficient (Wildman–Crippen LogP) is 2.08. The highest BCUT2D eigenvalue weighted by Gasteiger charge is 2.37. The molecule has 0 saturated carbocycles. The molecule has 2 heterocycles. The zero-order valence-corrected chi connectivity index (χ0v) is 11.6. The van der Waals surface area contributed by atoms with Gasteiger partial charge in [0.05, 0.1) is 5.56 Å². The fourth-order valence-corrected chi connectivity index (χ4v) is 2.62. The number of pyridine rings is 1. The van der Waals surface area contributed by atoms with E-state index >= 15 is 0 Å². The Morgan fingerprint density at radius 3 is 2.81 bits per heavy atom. The maximum Gasteiger partial charge on any atom is 0.326 e. The number of halogens is 2. The third-order valence-electron chi connectivity index (χ3n) is 3.91. The van der Waals surface area contributed by atoms with Crippen LogP contribution in [0.4, 0.5) is 8.78 Å². The Kier molecular flexibility index (Phi) is 4.50. The Morgan fingerprint density at radius 2 is 2.19 bits per heavy atom. The number of carbonyl (C=O) groups excluding carboxylic acids is 1. The number of hydrogen-bond donors (Lipinski definition) is 1. The fraction of sp³-hybridized carbons (Fsp3) is 0.500. The van der Waals surface area contributed by atoms with E-state index in [1.807, 2.05) is 6.92 Å². The van der Waals surface area contributed by atoms with Gasteiger partial charge in [-0.3, -0.25) is 4.79 Å². The normalized spacial score (nSPS) is 22.1. The van der Waals surface area contributed by atoms with Gasteiger partial charge in [0, 0.05) is 12.7 Å². The van der Waals surface area contributed by atoms with Gasteiger partial charge >= 0.3 is 5.97 Å². The molecule has 1 N–H and O–H groups in total. The first-order valence-electron chi connectivity index (χ1n) is 6.79. The number of hydrogen-bond acceptors (Lipinski definition) is 3. The Bertz CT molecular complexity index is 565. The third kappa shape index (κ3) is 3.01. The number of carboxylic acids is 1. The Morgan fingerprint density at radius 1 is 1.48 bits per heavy atom. The van der Waals surface area contributed by atoms with Crippen molar-refractivity contribution in [1.29, 1.82) is 0 Å². The molecule has 2 rings (SSSR count). The Hall–Kier alpha value is -2.05. The highest BCUT2D eigenvalue weighted by molar-refractivity contribution is 5.96. The van der Waals surface area contributed by atoms with Crippen molar-refractivity contribution in [3.05, 3.63) is 29.6 Å².